The number of hydrogen-bond acceptors (Lipinski definition) is 3. The zero-order valence-corrected chi connectivity index (χ0v) is 11.5. The van der Waals surface area contributed by atoms with E-state index in [0.29, 0.717) is 13.0 Å². The number of amides is 3. The van der Waals surface area contributed by atoms with Gasteiger partial charge in [-0.25, -0.2) is 4.79 Å². The van der Waals surface area contributed by atoms with E-state index >= 15 is 0 Å². The first kappa shape index (κ1) is 17.2. The minimum absolute atomic E-state index is 0.00771. The second-order valence-corrected chi connectivity index (χ2v) is 4.52. The van der Waals surface area contributed by atoms with Crippen LogP contribution in [-0.4, -0.2) is 47.0 Å². The van der Waals surface area contributed by atoms with Crippen molar-refractivity contribution in [3.8, 4) is 0 Å². The van der Waals surface area contributed by atoms with Gasteiger partial charge in [-0.05, 0) is 19.8 Å². The van der Waals surface area contributed by atoms with E-state index in [1.54, 1.807) is 6.92 Å². The molecule has 0 saturated carbocycles. The van der Waals surface area contributed by atoms with Gasteiger partial charge in [0.05, 0.1) is 0 Å². The molecule has 0 spiro atoms. The maximum atomic E-state index is 11.9. The van der Waals surface area contributed by atoms with Gasteiger partial charge < -0.3 is 21.1 Å². The van der Waals surface area contributed by atoms with Gasteiger partial charge in [-0.1, -0.05) is 13.3 Å². The topological polar surface area (TPSA) is 113 Å². The lowest BCUT2D eigenvalue weighted by atomic mass is 10.2. The fourth-order valence-corrected chi connectivity index (χ4v) is 1.50. The number of rotatable bonds is 9. The summed E-state index contributed by atoms with van der Waals surface area (Å²) in [5, 5.41) is 11.2. The van der Waals surface area contributed by atoms with Crippen molar-refractivity contribution in [1.29, 1.82) is 0 Å². The van der Waals surface area contributed by atoms with Crippen LogP contribution in [0.2, 0.25) is 0 Å². The number of hydrogen-bond donors (Lipinski definition) is 3. The van der Waals surface area contributed by atoms with Crippen molar-refractivity contribution in [3.63, 3.8) is 0 Å². The van der Waals surface area contributed by atoms with E-state index in [2.05, 4.69) is 5.32 Å². The number of primary amides is 1. The first-order valence-corrected chi connectivity index (χ1v) is 6.42. The van der Waals surface area contributed by atoms with Crippen LogP contribution < -0.4 is 11.1 Å². The minimum Gasteiger partial charge on any atom is -0.481 e. The number of carboxylic acids is 1. The molecule has 7 heteroatoms. The smallest absolute Gasteiger partial charge is 0.318 e. The first-order chi connectivity index (χ1) is 8.86. The van der Waals surface area contributed by atoms with Crippen LogP contribution in [0.1, 0.15) is 39.5 Å². The van der Waals surface area contributed by atoms with Crippen LogP contribution in [0.15, 0.2) is 0 Å². The molecular formula is C12H23N3O4. The third-order valence-corrected chi connectivity index (χ3v) is 2.58. The summed E-state index contributed by atoms with van der Waals surface area (Å²) in [6, 6.07) is -0.647. The maximum absolute atomic E-state index is 11.9. The Kier molecular flexibility index (Phi) is 8.32. The van der Waals surface area contributed by atoms with Gasteiger partial charge in [0.1, 0.15) is 6.54 Å². The standard InChI is InChI=1S/C12H23N3O4/c1-3-4-7-15(8-10(13)16)12(19)14-9(2)5-6-11(17)18/h9H,3-8H2,1-2H3,(H2,13,16)(H,14,19)(H,17,18). The van der Waals surface area contributed by atoms with E-state index in [4.69, 9.17) is 10.8 Å². The number of carbonyl (C=O) groups excluding carboxylic acids is 2. The Morgan fingerprint density at radius 3 is 2.47 bits per heavy atom. The Bertz CT molecular complexity index is 320. The van der Waals surface area contributed by atoms with Crippen molar-refractivity contribution in [2.75, 3.05) is 13.1 Å². The molecule has 0 heterocycles. The summed E-state index contributed by atoms with van der Waals surface area (Å²) < 4.78 is 0. The molecular weight excluding hydrogens is 250 g/mol. The zero-order chi connectivity index (χ0) is 14.8. The normalized spacial score (nSPS) is 11.7. The van der Waals surface area contributed by atoms with Crippen molar-refractivity contribution >= 4 is 17.9 Å². The third-order valence-electron chi connectivity index (χ3n) is 2.58. The zero-order valence-electron chi connectivity index (χ0n) is 11.5. The molecule has 0 rings (SSSR count). The molecule has 0 bridgehead atoms. The number of nitrogens with zero attached hydrogens (tertiary/aromatic N) is 1. The molecule has 0 radical (unpaired) electrons. The lowest BCUT2D eigenvalue weighted by Gasteiger charge is -2.23. The molecule has 0 aliphatic heterocycles. The highest BCUT2D eigenvalue weighted by Gasteiger charge is 2.17. The lowest BCUT2D eigenvalue weighted by Crippen LogP contribution is -2.47. The Labute approximate surface area is 113 Å². The molecule has 19 heavy (non-hydrogen) atoms. The molecule has 0 aliphatic rings. The molecule has 0 saturated heterocycles. The van der Waals surface area contributed by atoms with Crippen LogP contribution in [-0.2, 0) is 9.59 Å². The summed E-state index contributed by atoms with van der Waals surface area (Å²) in [6.45, 7) is 4.04. The molecule has 7 nitrogen and oxygen atoms in total. The number of nitrogens with one attached hydrogen (secondary N) is 1. The minimum atomic E-state index is -0.902. The van der Waals surface area contributed by atoms with Crippen LogP contribution in [0.3, 0.4) is 0 Å². The van der Waals surface area contributed by atoms with Crippen LogP contribution in [0, 0.1) is 0 Å². The van der Waals surface area contributed by atoms with Gasteiger partial charge in [-0.3, -0.25) is 9.59 Å². The van der Waals surface area contributed by atoms with Crippen molar-refractivity contribution in [1.82, 2.24) is 10.2 Å². The molecule has 3 amide bonds. The van der Waals surface area contributed by atoms with Crippen molar-refractivity contribution < 1.29 is 19.5 Å². The number of unbranched alkanes of at least 4 members (excludes halogenated alkanes) is 1. The fraction of sp³-hybridized carbons (Fsp3) is 0.750. The van der Waals surface area contributed by atoms with E-state index in [0.717, 1.165) is 12.8 Å². The van der Waals surface area contributed by atoms with Crippen LogP contribution in [0.5, 0.6) is 0 Å². The van der Waals surface area contributed by atoms with Crippen molar-refractivity contribution in [2.24, 2.45) is 5.73 Å². The van der Waals surface area contributed by atoms with Gasteiger partial charge in [-0.2, -0.15) is 0 Å². The Morgan fingerprint density at radius 2 is 2.00 bits per heavy atom. The third kappa shape index (κ3) is 8.87. The van der Waals surface area contributed by atoms with Gasteiger partial charge in [0.2, 0.25) is 5.91 Å². The fourth-order valence-electron chi connectivity index (χ4n) is 1.50. The summed E-state index contributed by atoms with van der Waals surface area (Å²) in [5.74, 6) is -1.47. The summed E-state index contributed by atoms with van der Waals surface area (Å²) >= 11 is 0. The highest BCUT2D eigenvalue weighted by Crippen LogP contribution is 2.00. The van der Waals surface area contributed by atoms with Crippen LogP contribution in [0.4, 0.5) is 4.79 Å². The van der Waals surface area contributed by atoms with E-state index in [1.807, 2.05) is 6.92 Å². The molecule has 4 N–H and O–H groups in total. The average molecular weight is 273 g/mol. The largest absolute Gasteiger partial charge is 0.481 e. The summed E-state index contributed by atoms with van der Waals surface area (Å²) in [5.41, 5.74) is 5.09. The molecule has 0 aromatic rings. The van der Waals surface area contributed by atoms with E-state index < -0.39 is 11.9 Å². The highest BCUT2D eigenvalue weighted by atomic mass is 16.4. The van der Waals surface area contributed by atoms with E-state index in [1.165, 1.54) is 4.90 Å². The molecule has 0 aromatic heterocycles. The van der Waals surface area contributed by atoms with E-state index in [-0.39, 0.29) is 25.0 Å². The number of urea groups is 1. The Balaban J connectivity index is 4.28. The summed E-state index contributed by atoms with van der Waals surface area (Å²) in [7, 11) is 0. The maximum Gasteiger partial charge on any atom is 0.318 e. The molecule has 1 atom stereocenters. The van der Waals surface area contributed by atoms with Gasteiger partial charge in [0.15, 0.2) is 0 Å². The number of carboxylic acid groups (broad SMARTS) is 1. The molecule has 1 unspecified atom stereocenters. The average Bonchev–Trinajstić information content (AvgIpc) is 2.31. The molecule has 0 fully saturated rings. The van der Waals surface area contributed by atoms with Gasteiger partial charge >= 0.3 is 12.0 Å². The van der Waals surface area contributed by atoms with Gasteiger partial charge in [0.25, 0.3) is 0 Å². The number of carbonyl (C=O) groups is 3. The van der Waals surface area contributed by atoms with Gasteiger partial charge in [-0.15, -0.1) is 0 Å². The Hall–Kier alpha value is -1.79. The predicted octanol–water partition coefficient (Wildman–Crippen LogP) is 0.537. The highest BCUT2D eigenvalue weighted by molar-refractivity contribution is 5.83. The van der Waals surface area contributed by atoms with Crippen molar-refractivity contribution in [3.05, 3.63) is 0 Å². The summed E-state index contributed by atoms with van der Waals surface area (Å²) in [6.07, 6.45) is 2.02. The number of nitrogens with two attached hydrogens (primary N) is 1. The number of aliphatic carboxylic acids is 1. The second kappa shape index (κ2) is 9.18. The SMILES string of the molecule is CCCCN(CC(N)=O)C(=O)NC(C)CCC(=O)O. The molecule has 110 valence electrons. The monoisotopic (exact) mass is 273 g/mol. The van der Waals surface area contributed by atoms with E-state index in [9.17, 15) is 14.4 Å². The quantitative estimate of drug-likeness (QED) is 0.569. The van der Waals surface area contributed by atoms with Crippen LogP contribution in [0.25, 0.3) is 0 Å². The summed E-state index contributed by atoms with van der Waals surface area (Å²) in [4.78, 5) is 34.6. The predicted molar refractivity (Wildman–Crippen MR) is 70.5 cm³/mol. The first-order valence-electron chi connectivity index (χ1n) is 6.42. The molecule has 0 aromatic carbocycles. The Morgan fingerprint density at radius 1 is 1.37 bits per heavy atom. The van der Waals surface area contributed by atoms with Gasteiger partial charge in [0, 0.05) is 19.0 Å². The lowest BCUT2D eigenvalue weighted by molar-refractivity contribution is -0.137. The van der Waals surface area contributed by atoms with Crippen LogP contribution >= 0.6 is 0 Å². The molecule has 0 aliphatic carbocycles. The van der Waals surface area contributed by atoms with Crippen molar-refractivity contribution in [2.45, 2.75) is 45.6 Å². The second-order valence-electron chi connectivity index (χ2n) is 4.52.